The van der Waals surface area contributed by atoms with Crippen LogP contribution in [0.4, 0.5) is 0 Å². The SMILES string of the molecule is CN(C)Cc1ccc([C@@H]2CCCCN2C(=O)CSc2ccncc2)cc1. The van der Waals surface area contributed by atoms with E-state index in [-0.39, 0.29) is 11.9 Å². The van der Waals surface area contributed by atoms with E-state index in [4.69, 9.17) is 0 Å². The lowest BCUT2D eigenvalue weighted by atomic mass is 9.94. The number of thioether (sulfide) groups is 1. The van der Waals surface area contributed by atoms with E-state index in [1.54, 1.807) is 24.2 Å². The molecule has 0 aliphatic carbocycles. The van der Waals surface area contributed by atoms with E-state index < -0.39 is 0 Å². The molecule has 2 aromatic rings. The van der Waals surface area contributed by atoms with Crippen molar-refractivity contribution in [2.24, 2.45) is 0 Å². The monoisotopic (exact) mass is 369 g/mol. The topological polar surface area (TPSA) is 36.4 Å². The van der Waals surface area contributed by atoms with Gasteiger partial charge < -0.3 is 9.80 Å². The number of hydrogen-bond acceptors (Lipinski definition) is 4. The smallest absolute Gasteiger partial charge is 0.233 e. The average molecular weight is 370 g/mol. The predicted molar refractivity (Wildman–Crippen MR) is 107 cm³/mol. The van der Waals surface area contributed by atoms with Gasteiger partial charge in [-0.2, -0.15) is 0 Å². The molecule has 3 rings (SSSR count). The third-order valence-corrected chi connectivity index (χ3v) is 5.70. The van der Waals surface area contributed by atoms with Crippen LogP contribution < -0.4 is 0 Å². The summed E-state index contributed by atoms with van der Waals surface area (Å²) in [5.74, 6) is 0.716. The van der Waals surface area contributed by atoms with Crippen LogP contribution in [0.25, 0.3) is 0 Å². The Bertz CT molecular complexity index is 703. The molecule has 1 saturated heterocycles. The fourth-order valence-corrected chi connectivity index (χ4v) is 4.22. The summed E-state index contributed by atoms with van der Waals surface area (Å²) >= 11 is 1.59. The molecule has 1 aromatic carbocycles. The van der Waals surface area contributed by atoms with Crippen LogP contribution in [0.2, 0.25) is 0 Å². The highest BCUT2D eigenvalue weighted by Crippen LogP contribution is 2.32. The fourth-order valence-electron chi connectivity index (χ4n) is 3.45. The molecule has 1 aliphatic rings. The summed E-state index contributed by atoms with van der Waals surface area (Å²) in [7, 11) is 4.16. The molecule has 5 heteroatoms. The van der Waals surface area contributed by atoms with Crippen LogP contribution in [0.3, 0.4) is 0 Å². The highest BCUT2D eigenvalue weighted by atomic mass is 32.2. The fraction of sp³-hybridized carbons (Fsp3) is 0.429. The second-order valence-electron chi connectivity index (χ2n) is 7.05. The summed E-state index contributed by atoms with van der Waals surface area (Å²) in [6, 6.07) is 12.9. The number of amides is 1. The molecule has 0 spiro atoms. The normalized spacial score (nSPS) is 17.5. The maximum absolute atomic E-state index is 12.9. The minimum absolute atomic E-state index is 0.211. The summed E-state index contributed by atoms with van der Waals surface area (Å²) in [4.78, 5) is 22.2. The Labute approximate surface area is 160 Å². The standard InChI is InChI=1S/C21H27N3OS/c1-23(2)15-17-6-8-18(9-7-17)20-5-3-4-14-24(20)21(25)16-26-19-10-12-22-13-11-19/h6-13,20H,3-5,14-16H2,1-2H3/t20-/m0/s1. The number of carbonyl (C=O) groups is 1. The first-order chi connectivity index (χ1) is 12.6. The van der Waals surface area contributed by atoms with Crippen molar-refractivity contribution in [3.8, 4) is 0 Å². The molecule has 1 atom stereocenters. The molecule has 1 amide bonds. The minimum atomic E-state index is 0.211. The van der Waals surface area contributed by atoms with Gasteiger partial charge in [0, 0.05) is 30.4 Å². The lowest BCUT2D eigenvalue weighted by molar-refractivity contribution is -0.132. The predicted octanol–water partition coefficient (Wildman–Crippen LogP) is 3.99. The highest BCUT2D eigenvalue weighted by Gasteiger charge is 2.27. The van der Waals surface area contributed by atoms with E-state index in [9.17, 15) is 4.79 Å². The second kappa shape index (κ2) is 9.19. The van der Waals surface area contributed by atoms with Gasteiger partial charge in [0.05, 0.1) is 11.8 Å². The highest BCUT2D eigenvalue weighted by molar-refractivity contribution is 8.00. The number of benzene rings is 1. The Kier molecular flexibility index (Phi) is 6.69. The number of pyridine rings is 1. The van der Waals surface area contributed by atoms with Crippen LogP contribution in [-0.2, 0) is 11.3 Å². The zero-order valence-electron chi connectivity index (χ0n) is 15.6. The van der Waals surface area contributed by atoms with Crippen LogP contribution in [-0.4, -0.2) is 47.1 Å². The summed E-state index contributed by atoms with van der Waals surface area (Å²) in [6.45, 7) is 1.80. The van der Waals surface area contributed by atoms with Gasteiger partial charge in [0.15, 0.2) is 0 Å². The quantitative estimate of drug-likeness (QED) is 0.722. The molecule has 0 bridgehead atoms. The molecule has 1 fully saturated rings. The minimum Gasteiger partial charge on any atom is -0.335 e. The molecule has 4 nitrogen and oxygen atoms in total. The van der Waals surface area contributed by atoms with Crippen LogP contribution >= 0.6 is 11.8 Å². The molecule has 1 aliphatic heterocycles. The molecule has 26 heavy (non-hydrogen) atoms. The maximum atomic E-state index is 12.9. The first kappa shape index (κ1) is 18.9. The number of piperidine rings is 1. The molecule has 1 aromatic heterocycles. The van der Waals surface area contributed by atoms with Crippen LogP contribution in [0.5, 0.6) is 0 Å². The number of rotatable bonds is 6. The third-order valence-electron chi connectivity index (χ3n) is 4.70. The average Bonchev–Trinajstić information content (AvgIpc) is 2.67. The van der Waals surface area contributed by atoms with Gasteiger partial charge >= 0.3 is 0 Å². The molecule has 0 saturated carbocycles. The number of hydrogen-bond donors (Lipinski definition) is 0. The molecule has 138 valence electrons. The largest absolute Gasteiger partial charge is 0.335 e. The lowest BCUT2D eigenvalue weighted by Gasteiger charge is -2.36. The number of nitrogens with zero attached hydrogens (tertiary/aromatic N) is 3. The second-order valence-corrected chi connectivity index (χ2v) is 8.10. The van der Waals surface area contributed by atoms with E-state index in [1.807, 2.05) is 12.1 Å². The summed E-state index contributed by atoms with van der Waals surface area (Å²) in [6.07, 6.45) is 6.88. The molecule has 0 unspecified atom stereocenters. The van der Waals surface area contributed by atoms with Gasteiger partial charge in [-0.3, -0.25) is 9.78 Å². The van der Waals surface area contributed by atoms with Gasteiger partial charge in [0.1, 0.15) is 0 Å². The van der Waals surface area contributed by atoms with Gasteiger partial charge in [-0.05, 0) is 56.6 Å². The Hall–Kier alpha value is -1.85. The van der Waals surface area contributed by atoms with Gasteiger partial charge in [0.2, 0.25) is 5.91 Å². The van der Waals surface area contributed by atoms with Gasteiger partial charge in [0.25, 0.3) is 0 Å². The molecular formula is C21H27N3OS. The maximum Gasteiger partial charge on any atom is 0.233 e. The zero-order valence-corrected chi connectivity index (χ0v) is 16.4. The van der Waals surface area contributed by atoms with Crippen molar-refractivity contribution in [3.05, 3.63) is 59.9 Å². The lowest BCUT2D eigenvalue weighted by Crippen LogP contribution is -2.39. The van der Waals surface area contributed by atoms with Crippen molar-refractivity contribution in [1.82, 2.24) is 14.8 Å². The molecule has 0 N–H and O–H groups in total. The van der Waals surface area contributed by atoms with Crippen molar-refractivity contribution >= 4 is 17.7 Å². The first-order valence-corrected chi connectivity index (χ1v) is 10.2. The van der Waals surface area contributed by atoms with Crippen molar-refractivity contribution in [1.29, 1.82) is 0 Å². The first-order valence-electron chi connectivity index (χ1n) is 9.19. The Morgan fingerprint density at radius 1 is 1.15 bits per heavy atom. The Morgan fingerprint density at radius 2 is 1.88 bits per heavy atom. The zero-order chi connectivity index (χ0) is 18.4. The number of likely N-dealkylation sites (tertiary alicyclic amines) is 1. The van der Waals surface area contributed by atoms with E-state index in [1.165, 1.54) is 17.5 Å². The van der Waals surface area contributed by atoms with E-state index in [0.29, 0.717) is 5.75 Å². The van der Waals surface area contributed by atoms with Crippen LogP contribution in [0.15, 0.2) is 53.7 Å². The molecule has 0 radical (unpaired) electrons. The van der Waals surface area contributed by atoms with E-state index in [0.717, 1.165) is 30.8 Å². The summed E-state index contributed by atoms with van der Waals surface area (Å²) in [5, 5.41) is 0. The van der Waals surface area contributed by atoms with Crippen molar-refractivity contribution in [2.75, 3.05) is 26.4 Å². The van der Waals surface area contributed by atoms with Crippen molar-refractivity contribution in [3.63, 3.8) is 0 Å². The van der Waals surface area contributed by atoms with Crippen molar-refractivity contribution < 1.29 is 4.79 Å². The number of aromatic nitrogens is 1. The van der Waals surface area contributed by atoms with E-state index in [2.05, 4.69) is 53.1 Å². The molecule has 2 heterocycles. The third kappa shape index (κ3) is 5.08. The van der Waals surface area contributed by atoms with Crippen molar-refractivity contribution in [2.45, 2.75) is 36.7 Å². The van der Waals surface area contributed by atoms with Crippen LogP contribution in [0, 0.1) is 0 Å². The summed E-state index contributed by atoms with van der Waals surface area (Å²) in [5.41, 5.74) is 2.56. The van der Waals surface area contributed by atoms with Crippen LogP contribution in [0.1, 0.15) is 36.4 Å². The molecular weight excluding hydrogens is 342 g/mol. The Morgan fingerprint density at radius 3 is 2.58 bits per heavy atom. The van der Waals surface area contributed by atoms with Gasteiger partial charge in [-0.1, -0.05) is 24.3 Å². The number of carbonyl (C=O) groups excluding carboxylic acids is 1. The van der Waals surface area contributed by atoms with Gasteiger partial charge in [-0.25, -0.2) is 0 Å². The van der Waals surface area contributed by atoms with E-state index >= 15 is 0 Å². The Balaban J connectivity index is 1.66. The summed E-state index contributed by atoms with van der Waals surface area (Å²) < 4.78 is 0. The van der Waals surface area contributed by atoms with Gasteiger partial charge in [-0.15, -0.1) is 11.8 Å².